The number of thioether (sulfide) groups is 1. The van der Waals surface area contributed by atoms with Crippen LogP contribution in [0.15, 0.2) is 0 Å². The maximum Gasteiger partial charge on any atom is 0.328 e. The first kappa shape index (κ1) is 14.3. The van der Waals surface area contributed by atoms with Gasteiger partial charge in [0.25, 0.3) is 0 Å². The van der Waals surface area contributed by atoms with Gasteiger partial charge in [-0.15, -0.1) is 11.8 Å². The zero-order valence-corrected chi connectivity index (χ0v) is 10.5. The van der Waals surface area contributed by atoms with Crippen LogP contribution < -0.4 is 5.32 Å². The Morgan fingerprint density at radius 3 is 2.40 bits per heavy atom. The van der Waals surface area contributed by atoms with Crippen molar-refractivity contribution in [3.63, 3.8) is 0 Å². The Kier molecular flexibility index (Phi) is 7.21. The van der Waals surface area contributed by atoms with Crippen LogP contribution in [0.1, 0.15) is 27.7 Å². The molecule has 0 fully saturated rings. The van der Waals surface area contributed by atoms with Gasteiger partial charge in [0, 0.05) is 0 Å². The lowest BCUT2D eigenvalue weighted by Gasteiger charge is -2.12. The first-order valence-electron chi connectivity index (χ1n) is 5.05. The molecule has 1 amide bonds. The maximum atomic E-state index is 11.3. The number of nitrogens with one attached hydrogen (secondary N) is 1. The lowest BCUT2D eigenvalue weighted by molar-refractivity contribution is -0.146. The highest BCUT2D eigenvalue weighted by atomic mass is 32.2. The van der Waals surface area contributed by atoms with Crippen LogP contribution in [0.3, 0.4) is 0 Å². The van der Waals surface area contributed by atoms with Crippen LogP contribution in [0.2, 0.25) is 0 Å². The fourth-order valence-corrected chi connectivity index (χ4v) is 1.42. The van der Waals surface area contributed by atoms with Crippen molar-refractivity contribution in [2.75, 3.05) is 12.4 Å². The molecule has 0 spiro atoms. The molecule has 0 aromatic heterocycles. The zero-order chi connectivity index (χ0) is 11.8. The van der Waals surface area contributed by atoms with Crippen LogP contribution in [0.25, 0.3) is 0 Å². The molecule has 88 valence electrons. The molecule has 0 saturated carbocycles. The summed E-state index contributed by atoms with van der Waals surface area (Å²) in [5, 5.41) is 3.00. The topological polar surface area (TPSA) is 55.4 Å². The summed E-state index contributed by atoms with van der Waals surface area (Å²) in [5.74, 6) is -0.142. The van der Waals surface area contributed by atoms with Crippen LogP contribution in [0.4, 0.5) is 0 Å². The van der Waals surface area contributed by atoms with Gasteiger partial charge in [-0.05, 0) is 19.1 Å². The molecular formula is C10H19NO3S. The second-order valence-electron chi connectivity index (χ2n) is 3.40. The summed E-state index contributed by atoms with van der Waals surface area (Å²) in [6, 6.07) is -0.565. The predicted molar refractivity (Wildman–Crippen MR) is 61.8 cm³/mol. The second-order valence-corrected chi connectivity index (χ2v) is 4.97. The van der Waals surface area contributed by atoms with Gasteiger partial charge in [-0.25, -0.2) is 4.79 Å². The molecule has 0 heterocycles. The Bertz CT molecular complexity index is 219. The van der Waals surface area contributed by atoms with Gasteiger partial charge in [-0.2, -0.15) is 0 Å². The molecular weight excluding hydrogens is 214 g/mol. The number of hydrogen-bond acceptors (Lipinski definition) is 4. The molecule has 1 atom stereocenters. The van der Waals surface area contributed by atoms with Gasteiger partial charge in [0.1, 0.15) is 6.04 Å². The monoisotopic (exact) mass is 233 g/mol. The number of ether oxygens (including phenoxy) is 1. The van der Waals surface area contributed by atoms with E-state index in [2.05, 4.69) is 5.32 Å². The molecule has 0 radical (unpaired) electrons. The van der Waals surface area contributed by atoms with E-state index in [9.17, 15) is 9.59 Å². The Morgan fingerprint density at radius 1 is 1.33 bits per heavy atom. The van der Waals surface area contributed by atoms with Crippen molar-refractivity contribution >= 4 is 23.6 Å². The molecule has 15 heavy (non-hydrogen) atoms. The predicted octanol–water partition coefficient (Wildman–Crippen LogP) is 1.20. The van der Waals surface area contributed by atoms with Crippen molar-refractivity contribution in [2.45, 2.75) is 39.0 Å². The minimum absolute atomic E-state index is 0.130. The number of amides is 1. The van der Waals surface area contributed by atoms with Crippen molar-refractivity contribution in [1.82, 2.24) is 5.32 Å². The standard InChI is InChI=1S/C10H19NO3S/c1-5-14-10(13)8(4)11-9(12)6-15-7(2)3/h7-8H,5-6H2,1-4H3,(H,11,12). The Balaban J connectivity index is 3.80. The summed E-state index contributed by atoms with van der Waals surface area (Å²) >= 11 is 1.54. The summed E-state index contributed by atoms with van der Waals surface area (Å²) in [6.45, 7) is 7.73. The third-order valence-electron chi connectivity index (χ3n) is 1.57. The second kappa shape index (κ2) is 7.56. The van der Waals surface area contributed by atoms with E-state index in [1.165, 1.54) is 0 Å². The highest BCUT2D eigenvalue weighted by Crippen LogP contribution is 2.07. The molecule has 0 rings (SSSR count). The Labute approximate surface area is 95.1 Å². The number of carbonyl (C=O) groups is 2. The average Bonchev–Trinajstić information content (AvgIpc) is 2.15. The molecule has 5 heteroatoms. The van der Waals surface area contributed by atoms with Crippen molar-refractivity contribution in [2.24, 2.45) is 0 Å². The fraction of sp³-hybridized carbons (Fsp3) is 0.800. The fourth-order valence-electron chi connectivity index (χ4n) is 0.852. The zero-order valence-electron chi connectivity index (χ0n) is 9.70. The summed E-state index contributed by atoms with van der Waals surface area (Å²) < 4.78 is 4.77. The van der Waals surface area contributed by atoms with Gasteiger partial charge in [-0.3, -0.25) is 4.79 Å². The van der Waals surface area contributed by atoms with E-state index in [1.807, 2.05) is 13.8 Å². The van der Waals surface area contributed by atoms with Gasteiger partial charge in [-0.1, -0.05) is 13.8 Å². The molecule has 0 aromatic rings. The summed E-state index contributed by atoms with van der Waals surface area (Å²) in [6.07, 6.45) is 0. The molecule has 4 nitrogen and oxygen atoms in total. The molecule has 0 aromatic carbocycles. The first-order chi connectivity index (χ1) is 6.97. The van der Waals surface area contributed by atoms with Crippen LogP contribution in [-0.2, 0) is 14.3 Å². The normalized spacial score (nSPS) is 12.3. The van der Waals surface area contributed by atoms with Gasteiger partial charge >= 0.3 is 5.97 Å². The number of rotatable bonds is 6. The molecule has 0 aliphatic rings. The molecule has 0 bridgehead atoms. The maximum absolute atomic E-state index is 11.3. The van der Waals surface area contributed by atoms with Gasteiger partial charge < -0.3 is 10.1 Å². The van der Waals surface area contributed by atoms with Crippen molar-refractivity contribution in [3.8, 4) is 0 Å². The van der Waals surface area contributed by atoms with Crippen molar-refractivity contribution in [1.29, 1.82) is 0 Å². The van der Waals surface area contributed by atoms with E-state index in [0.717, 1.165) is 0 Å². The SMILES string of the molecule is CCOC(=O)C(C)NC(=O)CSC(C)C. The molecule has 1 unspecified atom stereocenters. The van der Waals surface area contributed by atoms with Crippen LogP contribution in [0.5, 0.6) is 0 Å². The van der Waals surface area contributed by atoms with E-state index in [4.69, 9.17) is 4.74 Å². The lowest BCUT2D eigenvalue weighted by atomic mass is 10.3. The van der Waals surface area contributed by atoms with Crippen LogP contribution >= 0.6 is 11.8 Å². The van der Waals surface area contributed by atoms with Crippen LogP contribution in [-0.4, -0.2) is 35.5 Å². The van der Waals surface area contributed by atoms with Gasteiger partial charge in [0.05, 0.1) is 12.4 Å². The number of esters is 1. The largest absolute Gasteiger partial charge is 0.464 e. The smallest absolute Gasteiger partial charge is 0.328 e. The summed E-state index contributed by atoms with van der Waals surface area (Å²) in [5.41, 5.74) is 0. The Morgan fingerprint density at radius 2 is 1.93 bits per heavy atom. The molecule has 1 N–H and O–H groups in total. The van der Waals surface area contributed by atoms with Crippen LogP contribution in [0, 0.1) is 0 Å². The Hall–Kier alpha value is -0.710. The van der Waals surface area contributed by atoms with Gasteiger partial charge in [0.15, 0.2) is 0 Å². The highest BCUT2D eigenvalue weighted by molar-refractivity contribution is 8.00. The third-order valence-corrected chi connectivity index (χ3v) is 2.66. The van der Waals surface area contributed by atoms with E-state index in [1.54, 1.807) is 25.6 Å². The van der Waals surface area contributed by atoms with E-state index >= 15 is 0 Å². The van der Waals surface area contributed by atoms with E-state index in [0.29, 0.717) is 17.6 Å². The van der Waals surface area contributed by atoms with Crippen molar-refractivity contribution in [3.05, 3.63) is 0 Å². The van der Waals surface area contributed by atoms with Crippen molar-refractivity contribution < 1.29 is 14.3 Å². The van der Waals surface area contributed by atoms with Gasteiger partial charge in [0.2, 0.25) is 5.91 Å². The molecule has 0 saturated heterocycles. The highest BCUT2D eigenvalue weighted by Gasteiger charge is 2.16. The third kappa shape index (κ3) is 7.25. The molecule has 0 aliphatic carbocycles. The summed E-state index contributed by atoms with van der Waals surface area (Å²) in [7, 11) is 0. The lowest BCUT2D eigenvalue weighted by Crippen LogP contribution is -2.40. The number of carbonyl (C=O) groups excluding carboxylic acids is 2. The quantitative estimate of drug-likeness (QED) is 0.700. The summed E-state index contributed by atoms with van der Waals surface area (Å²) in [4.78, 5) is 22.5. The average molecular weight is 233 g/mol. The first-order valence-corrected chi connectivity index (χ1v) is 6.09. The van der Waals surface area contributed by atoms with E-state index < -0.39 is 6.04 Å². The minimum atomic E-state index is -0.565. The van der Waals surface area contributed by atoms with E-state index in [-0.39, 0.29) is 11.9 Å². The number of hydrogen-bond donors (Lipinski definition) is 1. The minimum Gasteiger partial charge on any atom is -0.464 e. The molecule has 0 aliphatic heterocycles.